The van der Waals surface area contributed by atoms with E-state index in [-0.39, 0.29) is 17.9 Å². The third-order valence-corrected chi connectivity index (χ3v) is 8.35. The predicted octanol–water partition coefficient (Wildman–Crippen LogP) is 3.46. The van der Waals surface area contributed by atoms with E-state index in [0.29, 0.717) is 5.92 Å². The number of esters is 3. The third-order valence-electron chi connectivity index (χ3n) is 8.35. The minimum atomic E-state index is -1.43. The molecular weight excluding hydrogens is 468 g/mol. The van der Waals surface area contributed by atoms with E-state index < -0.39 is 54.2 Å². The maximum atomic E-state index is 11.9. The Morgan fingerprint density at radius 3 is 2.31 bits per heavy atom. The third kappa shape index (κ3) is 6.29. The van der Waals surface area contributed by atoms with Crippen molar-refractivity contribution in [2.24, 2.45) is 17.3 Å². The molecular formula is C27H42O9. The first-order valence-electron chi connectivity index (χ1n) is 12.9. The van der Waals surface area contributed by atoms with Crippen molar-refractivity contribution in [3.63, 3.8) is 0 Å². The summed E-state index contributed by atoms with van der Waals surface area (Å²) >= 11 is 0. The average Bonchev–Trinajstić information content (AvgIpc) is 2.77. The van der Waals surface area contributed by atoms with Crippen LogP contribution in [0.5, 0.6) is 0 Å². The molecule has 3 rings (SSSR count). The fourth-order valence-electron chi connectivity index (χ4n) is 6.22. The smallest absolute Gasteiger partial charge is 0.303 e. The molecule has 9 nitrogen and oxygen atoms in total. The Labute approximate surface area is 213 Å². The maximum absolute atomic E-state index is 11.9. The molecule has 0 bridgehead atoms. The second-order valence-corrected chi connectivity index (χ2v) is 11.3. The van der Waals surface area contributed by atoms with E-state index in [9.17, 15) is 19.5 Å². The van der Waals surface area contributed by atoms with E-state index in [2.05, 4.69) is 13.5 Å². The fraction of sp³-hybridized carbons (Fsp3) is 0.815. The summed E-state index contributed by atoms with van der Waals surface area (Å²) in [5, 5.41) is 11.2. The van der Waals surface area contributed by atoms with Gasteiger partial charge in [0.05, 0.1) is 5.60 Å². The lowest BCUT2D eigenvalue weighted by Crippen LogP contribution is -2.63. The van der Waals surface area contributed by atoms with Gasteiger partial charge in [0.15, 0.2) is 18.5 Å². The van der Waals surface area contributed by atoms with Crippen molar-refractivity contribution >= 4 is 17.9 Å². The first-order valence-corrected chi connectivity index (χ1v) is 12.9. The van der Waals surface area contributed by atoms with Gasteiger partial charge in [0.2, 0.25) is 0 Å². The van der Waals surface area contributed by atoms with Crippen LogP contribution in [0.2, 0.25) is 0 Å². The molecule has 0 aromatic heterocycles. The number of carbonyl (C=O) groups is 3. The minimum absolute atomic E-state index is 0.0480. The number of fused-ring (bicyclic) bond motifs is 1. The zero-order valence-electron chi connectivity index (χ0n) is 22.4. The van der Waals surface area contributed by atoms with Crippen LogP contribution in [0.4, 0.5) is 0 Å². The zero-order valence-corrected chi connectivity index (χ0v) is 22.4. The van der Waals surface area contributed by atoms with Gasteiger partial charge in [-0.3, -0.25) is 14.4 Å². The average molecular weight is 511 g/mol. The van der Waals surface area contributed by atoms with Gasteiger partial charge in [-0.05, 0) is 69.6 Å². The lowest BCUT2D eigenvalue weighted by Gasteiger charge is -2.53. The molecule has 0 amide bonds. The molecule has 2 saturated carbocycles. The first kappa shape index (κ1) is 28.6. The van der Waals surface area contributed by atoms with Crippen LogP contribution in [0.25, 0.3) is 0 Å². The Morgan fingerprint density at radius 1 is 1.06 bits per heavy atom. The van der Waals surface area contributed by atoms with E-state index in [1.54, 1.807) is 0 Å². The van der Waals surface area contributed by atoms with Crippen molar-refractivity contribution in [2.45, 2.75) is 116 Å². The maximum Gasteiger partial charge on any atom is 0.303 e. The first-order chi connectivity index (χ1) is 16.7. The van der Waals surface area contributed by atoms with E-state index in [4.69, 9.17) is 23.7 Å². The molecule has 0 unspecified atom stereocenters. The Bertz CT molecular complexity index is 852. The van der Waals surface area contributed by atoms with E-state index in [0.717, 1.165) is 25.7 Å². The van der Waals surface area contributed by atoms with Gasteiger partial charge in [0.1, 0.15) is 18.8 Å². The number of hydrogen-bond acceptors (Lipinski definition) is 9. The van der Waals surface area contributed by atoms with Gasteiger partial charge in [0.25, 0.3) is 0 Å². The van der Waals surface area contributed by atoms with Crippen molar-refractivity contribution in [3.8, 4) is 0 Å². The van der Waals surface area contributed by atoms with Crippen LogP contribution in [0.15, 0.2) is 12.2 Å². The SMILES string of the molecule is C=C1CCC[C@@H]2CC[C@@H](C(C)(C)O[C@@H]3O[C@H](COC(C)=O)[C@@H](OC(C)=O)[C@H](OC(C)=O)[C@H]3O)C[C@]12C. The van der Waals surface area contributed by atoms with Crippen LogP contribution in [0.3, 0.4) is 0 Å². The van der Waals surface area contributed by atoms with E-state index >= 15 is 0 Å². The van der Waals surface area contributed by atoms with Crippen LogP contribution < -0.4 is 0 Å². The Hall–Kier alpha value is -1.97. The van der Waals surface area contributed by atoms with Gasteiger partial charge in [-0.25, -0.2) is 0 Å². The summed E-state index contributed by atoms with van der Waals surface area (Å²) < 4.78 is 28.3. The highest BCUT2D eigenvalue weighted by Gasteiger charge is 2.53. The minimum Gasteiger partial charge on any atom is -0.463 e. The number of rotatable bonds is 7. The van der Waals surface area contributed by atoms with Crippen molar-refractivity contribution < 1.29 is 43.2 Å². The van der Waals surface area contributed by atoms with Gasteiger partial charge < -0.3 is 28.8 Å². The van der Waals surface area contributed by atoms with Crippen molar-refractivity contribution in [1.82, 2.24) is 0 Å². The molecule has 0 radical (unpaired) electrons. The Balaban J connectivity index is 1.82. The number of aliphatic hydroxyl groups is 1. The summed E-state index contributed by atoms with van der Waals surface area (Å²) in [6.45, 7) is 14.0. The standard InChI is InChI=1S/C27H42O9/c1-15-9-8-10-19-11-12-20(13-27(15,19)7)26(5,6)36-25-22(31)24(34-18(4)30)23(33-17(3)29)21(35-25)14-32-16(2)28/h19-25,31H,1,8-14H2,2-7H3/t19-,20-,21-,22-,23-,24-,25+,27-/m1/s1. The monoisotopic (exact) mass is 510 g/mol. The number of allylic oxidation sites excluding steroid dienone is 1. The van der Waals surface area contributed by atoms with Crippen LogP contribution in [-0.4, -0.2) is 65.9 Å². The van der Waals surface area contributed by atoms with Gasteiger partial charge in [-0.15, -0.1) is 0 Å². The van der Waals surface area contributed by atoms with E-state index in [1.807, 2.05) is 13.8 Å². The van der Waals surface area contributed by atoms with Crippen molar-refractivity contribution in [2.75, 3.05) is 6.61 Å². The van der Waals surface area contributed by atoms with Crippen LogP contribution in [-0.2, 0) is 38.1 Å². The van der Waals surface area contributed by atoms with E-state index in [1.165, 1.54) is 39.2 Å². The molecule has 36 heavy (non-hydrogen) atoms. The lowest BCUT2D eigenvalue weighted by molar-refractivity contribution is -0.332. The van der Waals surface area contributed by atoms with Crippen LogP contribution in [0.1, 0.15) is 80.1 Å². The molecule has 204 valence electrons. The summed E-state index contributed by atoms with van der Waals surface area (Å²) in [5.74, 6) is -1.07. The quantitative estimate of drug-likeness (QED) is 0.312. The molecule has 1 heterocycles. The second-order valence-electron chi connectivity index (χ2n) is 11.3. The largest absolute Gasteiger partial charge is 0.463 e. The Kier molecular flexibility index (Phi) is 8.89. The topological polar surface area (TPSA) is 118 Å². The molecule has 0 spiro atoms. The molecule has 0 aromatic rings. The molecule has 3 fully saturated rings. The highest BCUT2D eigenvalue weighted by molar-refractivity contribution is 5.67. The lowest BCUT2D eigenvalue weighted by atomic mass is 9.54. The zero-order chi connectivity index (χ0) is 26.8. The molecule has 1 saturated heterocycles. The number of aliphatic hydroxyl groups excluding tert-OH is 1. The predicted molar refractivity (Wildman–Crippen MR) is 130 cm³/mol. The second kappa shape index (κ2) is 11.2. The summed E-state index contributed by atoms with van der Waals surface area (Å²) in [7, 11) is 0. The fourth-order valence-corrected chi connectivity index (χ4v) is 6.22. The van der Waals surface area contributed by atoms with Crippen LogP contribution >= 0.6 is 0 Å². The highest BCUT2D eigenvalue weighted by atomic mass is 16.7. The van der Waals surface area contributed by atoms with Crippen LogP contribution in [0, 0.1) is 17.3 Å². The highest BCUT2D eigenvalue weighted by Crippen LogP contribution is 2.56. The van der Waals surface area contributed by atoms with Gasteiger partial charge >= 0.3 is 17.9 Å². The normalized spacial score (nSPS) is 37.0. The van der Waals surface area contributed by atoms with Crippen molar-refractivity contribution in [1.29, 1.82) is 0 Å². The molecule has 3 aliphatic rings. The number of hydrogen-bond donors (Lipinski definition) is 1. The summed E-state index contributed by atoms with van der Waals surface area (Å²) in [4.78, 5) is 35.1. The molecule has 2 aliphatic carbocycles. The van der Waals surface area contributed by atoms with Crippen molar-refractivity contribution in [3.05, 3.63) is 12.2 Å². The summed E-state index contributed by atoms with van der Waals surface area (Å²) in [5.41, 5.74) is 0.652. The van der Waals surface area contributed by atoms with Gasteiger partial charge in [-0.2, -0.15) is 0 Å². The summed E-state index contributed by atoms with van der Waals surface area (Å²) in [6.07, 6.45) is 0.375. The molecule has 1 aliphatic heterocycles. The molecule has 9 heteroatoms. The summed E-state index contributed by atoms with van der Waals surface area (Å²) in [6, 6.07) is 0. The molecule has 8 atom stereocenters. The van der Waals surface area contributed by atoms with Gasteiger partial charge in [0, 0.05) is 20.8 Å². The molecule has 0 aromatic carbocycles. The number of carbonyl (C=O) groups excluding carboxylic acids is 3. The van der Waals surface area contributed by atoms with Gasteiger partial charge in [-0.1, -0.05) is 19.1 Å². The molecule has 1 N–H and O–H groups in total. The number of ether oxygens (including phenoxy) is 5. The Morgan fingerprint density at radius 2 is 1.69 bits per heavy atom.